The number of rotatable bonds is 3. The van der Waals surface area contributed by atoms with Gasteiger partial charge in [0, 0.05) is 4.90 Å². The maximum Gasteiger partial charge on any atom is 0.208 e. The third kappa shape index (κ3) is 2.69. The van der Waals surface area contributed by atoms with Crippen LogP contribution in [-0.2, 0) is 16.6 Å². The lowest BCUT2D eigenvalue weighted by Crippen LogP contribution is -1.98. The fourth-order valence-electron chi connectivity index (χ4n) is 2.13. The van der Waals surface area contributed by atoms with E-state index in [2.05, 4.69) is 4.98 Å². The van der Waals surface area contributed by atoms with E-state index >= 15 is 0 Å². The molecule has 3 aromatic rings. The first-order chi connectivity index (χ1) is 10.0. The Morgan fingerprint density at radius 3 is 2.71 bits per heavy atom. The van der Waals surface area contributed by atoms with Crippen molar-refractivity contribution in [3.8, 4) is 0 Å². The Bertz CT molecular complexity index is 839. The first-order valence-electron chi connectivity index (χ1n) is 6.64. The van der Waals surface area contributed by atoms with Crippen LogP contribution in [0.4, 0.5) is 5.69 Å². The van der Waals surface area contributed by atoms with E-state index < -0.39 is 10.8 Å². The van der Waals surface area contributed by atoms with Crippen molar-refractivity contribution in [2.75, 3.05) is 5.73 Å². The van der Waals surface area contributed by atoms with Crippen LogP contribution in [0.2, 0.25) is 0 Å². The van der Waals surface area contributed by atoms with Crippen molar-refractivity contribution in [3.63, 3.8) is 0 Å². The molecule has 0 fully saturated rings. The third-order valence-corrected chi connectivity index (χ3v) is 4.78. The van der Waals surface area contributed by atoms with Crippen molar-refractivity contribution in [1.29, 1.82) is 0 Å². The molecule has 2 aromatic carbocycles. The molecule has 0 spiro atoms. The zero-order valence-electron chi connectivity index (χ0n) is 11.9. The molecule has 3 rings (SSSR count). The second-order valence-electron chi connectivity index (χ2n) is 5.04. The van der Waals surface area contributed by atoms with Gasteiger partial charge in [0.05, 0.1) is 16.5 Å². The Morgan fingerprint density at radius 2 is 2.00 bits per heavy atom. The second kappa shape index (κ2) is 5.33. The lowest BCUT2D eigenvalue weighted by molar-refractivity contribution is 0.552. The van der Waals surface area contributed by atoms with E-state index in [1.54, 1.807) is 12.1 Å². The first-order valence-corrected chi connectivity index (χ1v) is 7.96. The number of para-hydroxylation sites is 1. The monoisotopic (exact) mass is 300 g/mol. The minimum atomic E-state index is -1.18. The van der Waals surface area contributed by atoms with Crippen molar-refractivity contribution in [2.24, 2.45) is 0 Å². The molecular weight excluding hydrogens is 284 g/mol. The molecule has 0 aliphatic carbocycles. The molecule has 1 unspecified atom stereocenters. The summed E-state index contributed by atoms with van der Waals surface area (Å²) in [5.41, 5.74) is 9.99. The minimum absolute atomic E-state index is 0.247. The van der Waals surface area contributed by atoms with Crippen LogP contribution in [0.25, 0.3) is 11.1 Å². The summed E-state index contributed by atoms with van der Waals surface area (Å²) in [5, 5.41) is 0. The molecule has 1 aromatic heterocycles. The van der Waals surface area contributed by atoms with Gasteiger partial charge in [-0.1, -0.05) is 12.1 Å². The van der Waals surface area contributed by atoms with Gasteiger partial charge in [0.25, 0.3) is 0 Å². The fraction of sp³-hybridized carbons (Fsp3) is 0.188. The summed E-state index contributed by atoms with van der Waals surface area (Å²) in [6.07, 6.45) is 0. The molecule has 0 bridgehead atoms. The van der Waals surface area contributed by atoms with Gasteiger partial charge in [0.1, 0.15) is 11.3 Å². The molecule has 21 heavy (non-hydrogen) atoms. The topological polar surface area (TPSA) is 69.1 Å². The van der Waals surface area contributed by atoms with Gasteiger partial charge in [-0.25, -0.2) is 4.98 Å². The van der Waals surface area contributed by atoms with Crippen LogP contribution in [0.1, 0.15) is 17.0 Å². The Labute approximate surface area is 125 Å². The Kier molecular flexibility index (Phi) is 3.51. The molecule has 0 saturated heterocycles. The van der Waals surface area contributed by atoms with Crippen molar-refractivity contribution < 1.29 is 8.63 Å². The van der Waals surface area contributed by atoms with Gasteiger partial charge < -0.3 is 10.2 Å². The second-order valence-corrected chi connectivity index (χ2v) is 6.49. The molecule has 0 aliphatic heterocycles. The molecule has 0 aliphatic rings. The molecule has 108 valence electrons. The molecule has 1 atom stereocenters. The van der Waals surface area contributed by atoms with Gasteiger partial charge in [-0.15, -0.1) is 0 Å². The van der Waals surface area contributed by atoms with Crippen molar-refractivity contribution in [1.82, 2.24) is 4.98 Å². The van der Waals surface area contributed by atoms with Crippen LogP contribution in [-0.4, -0.2) is 9.19 Å². The maximum absolute atomic E-state index is 12.4. The number of nitrogens with zero attached hydrogens (tertiary/aromatic N) is 1. The van der Waals surface area contributed by atoms with Gasteiger partial charge in [-0.3, -0.25) is 4.21 Å². The number of aromatic nitrogens is 1. The zero-order valence-corrected chi connectivity index (χ0v) is 12.7. The van der Waals surface area contributed by atoms with Crippen molar-refractivity contribution in [2.45, 2.75) is 24.5 Å². The number of hydrogen-bond acceptors (Lipinski definition) is 4. The third-order valence-electron chi connectivity index (χ3n) is 3.49. The van der Waals surface area contributed by atoms with Crippen LogP contribution < -0.4 is 5.73 Å². The van der Waals surface area contributed by atoms with E-state index in [-0.39, 0.29) is 5.75 Å². The average Bonchev–Trinajstić information content (AvgIpc) is 2.86. The quantitative estimate of drug-likeness (QED) is 0.753. The number of nitrogen functional groups attached to an aromatic ring is 1. The highest BCUT2D eigenvalue weighted by Gasteiger charge is 2.13. The molecule has 0 amide bonds. The number of anilines is 1. The van der Waals surface area contributed by atoms with E-state index in [9.17, 15) is 4.21 Å². The van der Waals surface area contributed by atoms with Crippen LogP contribution in [0, 0.1) is 13.8 Å². The summed E-state index contributed by atoms with van der Waals surface area (Å²) in [6.45, 7) is 4.04. The fourth-order valence-corrected chi connectivity index (χ4v) is 3.17. The highest BCUT2D eigenvalue weighted by molar-refractivity contribution is 7.84. The standard InChI is InChI=1S/C16H16N2O2S/c1-10-6-7-12(8-11(10)2)21(19)9-15-18-16-13(17)4-3-5-14(16)20-15/h3-8H,9,17H2,1-2H3. The Hall–Kier alpha value is -2.14. The van der Waals surface area contributed by atoms with Gasteiger partial charge in [0.15, 0.2) is 5.58 Å². The van der Waals surface area contributed by atoms with Gasteiger partial charge in [0.2, 0.25) is 5.89 Å². The summed E-state index contributed by atoms with van der Waals surface area (Å²) in [7, 11) is -1.18. The lowest BCUT2D eigenvalue weighted by Gasteiger charge is -2.03. The molecular formula is C16H16N2O2S. The largest absolute Gasteiger partial charge is 0.440 e. The zero-order chi connectivity index (χ0) is 15.0. The number of benzene rings is 2. The number of fused-ring (bicyclic) bond motifs is 1. The van der Waals surface area contributed by atoms with E-state index in [0.717, 1.165) is 10.5 Å². The SMILES string of the molecule is Cc1ccc(S(=O)Cc2nc3c(N)cccc3o2)cc1C. The van der Waals surface area contributed by atoms with Gasteiger partial charge in [-0.05, 0) is 49.2 Å². The maximum atomic E-state index is 12.4. The summed E-state index contributed by atoms with van der Waals surface area (Å²) in [4.78, 5) is 5.12. The van der Waals surface area contributed by atoms with E-state index in [1.807, 2.05) is 38.1 Å². The number of nitrogens with two attached hydrogens (primary N) is 1. The van der Waals surface area contributed by atoms with Crippen LogP contribution >= 0.6 is 0 Å². The summed E-state index contributed by atoms with van der Waals surface area (Å²) in [5.74, 6) is 0.691. The van der Waals surface area contributed by atoms with E-state index in [0.29, 0.717) is 22.7 Å². The smallest absolute Gasteiger partial charge is 0.208 e. The normalized spacial score (nSPS) is 12.7. The van der Waals surface area contributed by atoms with Crippen molar-refractivity contribution >= 4 is 27.6 Å². The van der Waals surface area contributed by atoms with E-state index in [4.69, 9.17) is 10.2 Å². The molecule has 0 radical (unpaired) electrons. The summed E-state index contributed by atoms with van der Waals surface area (Å²) >= 11 is 0. The highest BCUT2D eigenvalue weighted by atomic mass is 32.2. The van der Waals surface area contributed by atoms with Gasteiger partial charge in [-0.2, -0.15) is 0 Å². The predicted octanol–water partition coefficient (Wildman–Crippen LogP) is 3.33. The minimum Gasteiger partial charge on any atom is -0.440 e. The molecule has 5 heteroatoms. The number of aryl methyl sites for hydroxylation is 2. The molecule has 0 saturated carbocycles. The Morgan fingerprint density at radius 1 is 1.19 bits per heavy atom. The van der Waals surface area contributed by atoms with Crippen LogP contribution in [0.15, 0.2) is 45.7 Å². The van der Waals surface area contributed by atoms with Crippen LogP contribution in [0.3, 0.4) is 0 Å². The molecule has 1 heterocycles. The van der Waals surface area contributed by atoms with Crippen molar-refractivity contribution in [3.05, 3.63) is 53.4 Å². The number of hydrogen-bond donors (Lipinski definition) is 1. The summed E-state index contributed by atoms with van der Waals surface area (Å²) in [6, 6.07) is 11.2. The number of oxazole rings is 1. The van der Waals surface area contributed by atoms with Gasteiger partial charge >= 0.3 is 0 Å². The summed E-state index contributed by atoms with van der Waals surface area (Å²) < 4.78 is 18.0. The average molecular weight is 300 g/mol. The predicted molar refractivity (Wildman–Crippen MR) is 84.4 cm³/mol. The first kappa shape index (κ1) is 13.8. The van der Waals surface area contributed by atoms with E-state index in [1.165, 1.54) is 5.56 Å². The molecule has 2 N–H and O–H groups in total. The Balaban J connectivity index is 1.89. The highest BCUT2D eigenvalue weighted by Crippen LogP contribution is 2.23. The lowest BCUT2D eigenvalue weighted by atomic mass is 10.1. The molecule has 4 nitrogen and oxygen atoms in total. The van der Waals surface area contributed by atoms with Crippen LogP contribution in [0.5, 0.6) is 0 Å².